The minimum absolute atomic E-state index is 0.576. The molecule has 0 amide bonds. The monoisotopic (exact) mass is 710 g/mol. The molecule has 260 valence electrons. The Morgan fingerprint density at radius 3 is 1.70 bits per heavy atom. The van der Waals surface area contributed by atoms with Crippen molar-refractivity contribution in [3.63, 3.8) is 0 Å². The Hall–Kier alpha value is -7.22. The van der Waals surface area contributed by atoms with E-state index in [4.69, 9.17) is 4.42 Å². The van der Waals surface area contributed by atoms with Gasteiger partial charge in [0, 0.05) is 10.8 Å². The normalized spacial score (nSPS) is 13.1. The van der Waals surface area contributed by atoms with Crippen molar-refractivity contribution in [1.29, 1.82) is 0 Å². The zero-order chi connectivity index (χ0) is 36.8. The highest BCUT2D eigenvalue weighted by molar-refractivity contribution is 6.16. The number of hydrogen-bond donors (Lipinski definition) is 0. The predicted octanol–water partition coefficient (Wildman–Crippen LogP) is 14.7. The van der Waals surface area contributed by atoms with Crippen LogP contribution in [0.5, 0.6) is 0 Å². The molecule has 1 nitrogen and oxygen atoms in total. The minimum Gasteiger partial charge on any atom is -0.456 e. The average Bonchev–Trinajstić information content (AvgIpc) is 3.79. The van der Waals surface area contributed by atoms with Crippen LogP contribution in [0.4, 0.5) is 0 Å². The molecule has 1 aromatic heterocycles. The first-order valence-corrected chi connectivity index (χ1v) is 19.4. The van der Waals surface area contributed by atoms with Crippen LogP contribution in [0, 0.1) is 0 Å². The first-order chi connectivity index (χ1) is 27.8. The number of fused-ring (bicyclic) bond motifs is 10. The van der Waals surface area contributed by atoms with E-state index in [9.17, 15) is 0 Å². The van der Waals surface area contributed by atoms with Crippen LogP contribution in [-0.2, 0) is 5.41 Å². The third-order valence-electron chi connectivity index (χ3n) is 12.3. The average molecular weight is 711 g/mol. The highest BCUT2D eigenvalue weighted by Gasteiger charge is 2.47. The van der Waals surface area contributed by atoms with Crippen LogP contribution < -0.4 is 0 Å². The fourth-order valence-corrected chi connectivity index (χ4v) is 9.88. The second-order valence-electron chi connectivity index (χ2n) is 15.2. The Bertz CT molecular complexity index is 3310. The van der Waals surface area contributed by atoms with Crippen LogP contribution in [0.2, 0.25) is 0 Å². The molecule has 12 rings (SSSR count). The Labute approximate surface area is 324 Å². The molecule has 0 unspecified atom stereocenters. The van der Waals surface area contributed by atoms with E-state index in [2.05, 4.69) is 206 Å². The van der Waals surface area contributed by atoms with Gasteiger partial charge >= 0.3 is 0 Å². The zero-order valence-corrected chi connectivity index (χ0v) is 30.5. The Kier molecular flexibility index (Phi) is 6.62. The number of rotatable bonds is 4. The van der Waals surface area contributed by atoms with Gasteiger partial charge in [-0.2, -0.15) is 0 Å². The standard InChI is InChI=1S/C55H34O/c1-3-17-41(18-4-1)55(42-19-5-2-6-20-42)50-33-40(44-22-12-24-51-53(44)49-32-37-15-9-10-16-38(37)34-52(49)56-51)27-28-46(50)48-30-29-45-43(21-11-23-47(45)54(48)55)39-26-25-35-13-7-8-14-36(35)31-39/h1-34H. The molecule has 0 atom stereocenters. The quantitative estimate of drug-likeness (QED) is 0.177. The molecule has 0 bridgehead atoms. The van der Waals surface area contributed by atoms with Crippen molar-refractivity contribution in [2.75, 3.05) is 0 Å². The third kappa shape index (κ3) is 4.37. The summed E-state index contributed by atoms with van der Waals surface area (Å²) in [5, 5.41) is 9.72. The zero-order valence-electron chi connectivity index (χ0n) is 30.5. The van der Waals surface area contributed by atoms with E-state index in [-0.39, 0.29) is 0 Å². The molecule has 0 saturated carbocycles. The molecule has 0 fully saturated rings. The lowest BCUT2D eigenvalue weighted by Crippen LogP contribution is -2.29. The largest absolute Gasteiger partial charge is 0.456 e. The number of hydrogen-bond acceptors (Lipinski definition) is 1. The second kappa shape index (κ2) is 11.9. The van der Waals surface area contributed by atoms with E-state index >= 15 is 0 Å². The van der Waals surface area contributed by atoms with Gasteiger partial charge in [-0.3, -0.25) is 0 Å². The summed E-state index contributed by atoms with van der Waals surface area (Å²) < 4.78 is 6.57. The van der Waals surface area contributed by atoms with Crippen LogP contribution in [0.1, 0.15) is 22.3 Å². The first-order valence-electron chi connectivity index (χ1n) is 19.4. The SMILES string of the molecule is c1ccc(C2(c3ccccc3)c3cc(-c4cccc5oc6cc7ccccc7cc6c45)ccc3-c3ccc4c(-c5ccc6ccccc6c5)cccc4c32)cc1. The van der Waals surface area contributed by atoms with Gasteiger partial charge in [0.25, 0.3) is 0 Å². The molecule has 1 aliphatic carbocycles. The second-order valence-corrected chi connectivity index (χ2v) is 15.2. The fraction of sp³-hybridized carbons (Fsp3) is 0.0182. The van der Waals surface area contributed by atoms with Crippen molar-refractivity contribution in [2.45, 2.75) is 5.41 Å². The molecule has 1 heterocycles. The molecule has 0 N–H and O–H groups in total. The molecule has 0 spiro atoms. The van der Waals surface area contributed by atoms with E-state index in [0.717, 1.165) is 21.9 Å². The maximum absolute atomic E-state index is 6.57. The summed E-state index contributed by atoms with van der Waals surface area (Å²) in [6, 6.07) is 76.1. The fourth-order valence-electron chi connectivity index (χ4n) is 9.88. The van der Waals surface area contributed by atoms with E-state index in [1.807, 2.05) is 0 Å². The molecule has 0 radical (unpaired) electrons. The van der Waals surface area contributed by atoms with Crippen LogP contribution in [0.3, 0.4) is 0 Å². The van der Waals surface area contributed by atoms with Gasteiger partial charge in [0.15, 0.2) is 0 Å². The third-order valence-corrected chi connectivity index (χ3v) is 12.3. The Balaban J connectivity index is 1.16. The minimum atomic E-state index is -0.576. The summed E-state index contributed by atoms with van der Waals surface area (Å²) in [4.78, 5) is 0. The topological polar surface area (TPSA) is 13.1 Å². The molecular weight excluding hydrogens is 677 g/mol. The molecule has 56 heavy (non-hydrogen) atoms. The summed E-state index contributed by atoms with van der Waals surface area (Å²) in [6.45, 7) is 0. The highest BCUT2D eigenvalue weighted by atomic mass is 16.3. The molecule has 11 aromatic rings. The van der Waals surface area contributed by atoms with Gasteiger partial charge in [0.2, 0.25) is 0 Å². The van der Waals surface area contributed by atoms with Crippen molar-refractivity contribution in [2.24, 2.45) is 0 Å². The van der Waals surface area contributed by atoms with Gasteiger partial charge in [-0.15, -0.1) is 0 Å². The van der Waals surface area contributed by atoms with Gasteiger partial charge in [0.05, 0.1) is 5.41 Å². The highest BCUT2D eigenvalue weighted by Crippen LogP contribution is 2.59. The van der Waals surface area contributed by atoms with Crippen molar-refractivity contribution in [1.82, 2.24) is 0 Å². The van der Waals surface area contributed by atoms with Crippen LogP contribution in [0.25, 0.3) is 87.6 Å². The summed E-state index contributed by atoms with van der Waals surface area (Å²) in [5.41, 5.74) is 13.7. The van der Waals surface area contributed by atoms with Gasteiger partial charge in [-0.05, 0) is 118 Å². The van der Waals surface area contributed by atoms with Gasteiger partial charge < -0.3 is 4.42 Å². The van der Waals surface area contributed by atoms with E-state index in [0.29, 0.717) is 0 Å². The van der Waals surface area contributed by atoms with Crippen LogP contribution in [-0.4, -0.2) is 0 Å². The molecule has 1 heteroatoms. The predicted molar refractivity (Wildman–Crippen MR) is 234 cm³/mol. The lowest BCUT2D eigenvalue weighted by molar-refractivity contribution is 0.669. The summed E-state index contributed by atoms with van der Waals surface area (Å²) >= 11 is 0. The Morgan fingerprint density at radius 2 is 0.929 bits per heavy atom. The summed E-state index contributed by atoms with van der Waals surface area (Å²) in [6.07, 6.45) is 0. The number of benzene rings is 10. The summed E-state index contributed by atoms with van der Waals surface area (Å²) in [7, 11) is 0. The first kappa shape index (κ1) is 31.2. The molecule has 1 aliphatic rings. The van der Waals surface area contributed by atoms with Crippen molar-refractivity contribution >= 4 is 54.3 Å². The number of furan rings is 1. The van der Waals surface area contributed by atoms with E-state index in [1.165, 1.54) is 88.0 Å². The van der Waals surface area contributed by atoms with Gasteiger partial charge in [0.1, 0.15) is 11.2 Å². The van der Waals surface area contributed by atoms with Gasteiger partial charge in [-0.1, -0.05) is 176 Å². The lowest BCUT2D eigenvalue weighted by atomic mass is 9.66. The summed E-state index contributed by atoms with van der Waals surface area (Å²) in [5.74, 6) is 0. The molecule has 0 aliphatic heterocycles. The van der Waals surface area contributed by atoms with Crippen molar-refractivity contribution < 1.29 is 4.42 Å². The van der Waals surface area contributed by atoms with E-state index < -0.39 is 5.41 Å². The van der Waals surface area contributed by atoms with Gasteiger partial charge in [-0.25, -0.2) is 0 Å². The Morgan fingerprint density at radius 1 is 0.321 bits per heavy atom. The van der Waals surface area contributed by atoms with Crippen LogP contribution >= 0.6 is 0 Å². The van der Waals surface area contributed by atoms with E-state index in [1.54, 1.807) is 0 Å². The molecular formula is C55H34O. The van der Waals surface area contributed by atoms with Crippen molar-refractivity contribution in [3.8, 4) is 33.4 Å². The van der Waals surface area contributed by atoms with Crippen molar-refractivity contribution in [3.05, 3.63) is 229 Å². The van der Waals surface area contributed by atoms with Crippen LogP contribution in [0.15, 0.2) is 211 Å². The smallest absolute Gasteiger partial charge is 0.136 e. The maximum Gasteiger partial charge on any atom is 0.136 e. The molecule has 0 saturated heterocycles. The maximum atomic E-state index is 6.57. The molecule has 10 aromatic carbocycles. The lowest BCUT2D eigenvalue weighted by Gasteiger charge is -2.35.